The first-order valence-electron chi connectivity index (χ1n) is 7.34. The van der Waals surface area contributed by atoms with E-state index in [1.54, 1.807) is 30.7 Å². The number of carbonyl (C=O) groups is 1. The lowest BCUT2D eigenvalue weighted by atomic mass is 10.2. The Balaban J connectivity index is 1.45. The number of fused-ring (bicyclic) bond motifs is 1. The molecule has 0 atom stereocenters. The number of nitrogens with one attached hydrogen (secondary N) is 1. The molecule has 0 spiro atoms. The van der Waals surface area contributed by atoms with Crippen LogP contribution in [0.3, 0.4) is 0 Å². The van der Waals surface area contributed by atoms with Crippen molar-refractivity contribution < 1.29 is 4.79 Å². The minimum atomic E-state index is -0.178. The Morgan fingerprint density at radius 1 is 1.24 bits per heavy atom. The Morgan fingerprint density at radius 2 is 2.16 bits per heavy atom. The Hall–Kier alpha value is -2.91. The van der Waals surface area contributed by atoms with Gasteiger partial charge in [-0.3, -0.25) is 14.8 Å². The molecule has 1 aromatic carbocycles. The number of nitrogens with two attached hydrogens (primary N) is 1. The number of aromatic nitrogens is 4. The molecule has 0 radical (unpaired) electrons. The van der Waals surface area contributed by atoms with Gasteiger partial charge >= 0.3 is 0 Å². The lowest BCUT2D eigenvalue weighted by Crippen LogP contribution is -2.22. The van der Waals surface area contributed by atoms with Crippen LogP contribution in [0, 0.1) is 0 Å². The Morgan fingerprint density at radius 3 is 3.00 bits per heavy atom. The van der Waals surface area contributed by atoms with Crippen LogP contribution in [0.2, 0.25) is 0 Å². The van der Waals surface area contributed by atoms with Crippen molar-refractivity contribution in [2.45, 2.75) is 6.54 Å². The first-order chi connectivity index (χ1) is 12.2. The third-order valence-corrected chi connectivity index (χ3v) is 5.21. The predicted molar refractivity (Wildman–Crippen MR) is 98.3 cm³/mol. The van der Waals surface area contributed by atoms with Crippen LogP contribution in [0.4, 0.5) is 5.13 Å². The van der Waals surface area contributed by atoms with Gasteiger partial charge < -0.3 is 11.1 Å². The molecule has 4 aromatic rings. The molecule has 1 amide bonds. The number of anilines is 1. The van der Waals surface area contributed by atoms with E-state index in [0.29, 0.717) is 17.2 Å². The molecule has 0 saturated carbocycles. The molecule has 0 aliphatic rings. The second kappa shape index (κ2) is 6.54. The van der Waals surface area contributed by atoms with Crippen LogP contribution < -0.4 is 11.1 Å². The van der Waals surface area contributed by atoms with E-state index in [1.807, 2.05) is 11.4 Å². The van der Waals surface area contributed by atoms with Crippen molar-refractivity contribution >= 4 is 43.9 Å². The molecule has 7 nitrogen and oxygen atoms in total. The minimum Gasteiger partial charge on any atom is -0.375 e. The third-order valence-electron chi connectivity index (χ3n) is 3.43. The molecule has 4 rings (SSSR count). The fourth-order valence-corrected chi connectivity index (χ4v) is 3.77. The van der Waals surface area contributed by atoms with Crippen molar-refractivity contribution in [1.82, 2.24) is 25.3 Å². The van der Waals surface area contributed by atoms with Crippen LogP contribution in [-0.2, 0) is 6.54 Å². The van der Waals surface area contributed by atoms with Gasteiger partial charge in [-0.15, -0.1) is 11.3 Å². The van der Waals surface area contributed by atoms with Gasteiger partial charge in [0.1, 0.15) is 10.7 Å². The largest absolute Gasteiger partial charge is 0.375 e. The normalized spacial score (nSPS) is 10.9. The molecule has 25 heavy (non-hydrogen) atoms. The second-order valence-corrected chi connectivity index (χ2v) is 7.07. The fourth-order valence-electron chi connectivity index (χ4n) is 2.27. The van der Waals surface area contributed by atoms with Crippen molar-refractivity contribution in [3.8, 4) is 10.7 Å². The highest BCUT2D eigenvalue weighted by Crippen LogP contribution is 2.24. The maximum Gasteiger partial charge on any atom is 0.251 e. The fraction of sp³-hybridized carbons (Fsp3) is 0.0625. The molecule has 9 heteroatoms. The highest BCUT2D eigenvalue weighted by Gasteiger charge is 2.11. The van der Waals surface area contributed by atoms with E-state index in [4.69, 9.17) is 5.73 Å². The smallest absolute Gasteiger partial charge is 0.251 e. The molecular weight excluding hydrogens is 356 g/mol. The summed E-state index contributed by atoms with van der Waals surface area (Å²) in [6, 6.07) is 5.36. The van der Waals surface area contributed by atoms with Gasteiger partial charge in [0.2, 0.25) is 0 Å². The van der Waals surface area contributed by atoms with Crippen molar-refractivity contribution in [2.24, 2.45) is 0 Å². The summed E-state index contributed by atoms with van der Waals surface area (Å²) in [5.74, 6) is -0.178. The number of thiazole rings is 2. The quantitative estimate of drug-likeness (QED) is 0.573. The Labute approximate surface area is 150 Å². The van der Waals surface area contributed by atoms with Crippen LogP contribution in [0.1, 0.15) is 16.1 Å². The van der Waals surface area contributed by atoms with Crippen molar-refractivity contribution in [3.05, 3.63) is 53.4 Å². The molecular formula is C16H12N6OS2. The summed E-state index contributed by atoms with van der Waals surface area (Å²) < 4.78 is 0.960. The number of nitrogen functional groups attached to an aromatic ring is 1. The predicted octanol–water partition coefficient (Wildman–Crippen LogP) is 2.72. The molecule has 0 aliphatic heterocycles. The molecule has 124 valence electrons. The van der Waals surface area contributed by atoms with Gasteiger partial charge in [-0.2, -0.15) is 0 Å². The van der Waals surface area contributed by atoms with Gasteiger partial charge in [0.25, 0.3) is 5.91 Å². The molecule has 0 fully saturated rings. The average molecular weight is 368 g/mol. The molecule has 3 N–H and O–H groups in total. The van der Waals surface area contributed by atoms with E-state index in [-0.39, 0.29) is 5.91 Å². The van der Waals surface area contributed by atoms with Gasteiger partial charge in [-0.1, -0.05) is 11.3 Å². The topological polar surface area (TPSA) is 107 Å². The maximum atomic E-state index is 12.3. The lowest BCUT2D eigenvalue weighted by molar-refractivity contribution is 0.0950. The summed E-state index contributed by atoms with van der Waals surface area (Å²) in [6.45, 7) is 0.340. The number of rotatable bonds is 4. The molecule has 3 aromatic heterocycles. The number of hydrogen-bond donors (Lipinski definition) is 2. The highest BCUT2D eigenvalue weighted by atomic mass is 32.1. The van der Waals surface area contributed by atoms with Gasteiger partial charge in [0.05, 0.1) is 28.7 Å². The zero-order valence-electron chi connectivity index (χ0n) is 12.8. The van der Waals surface area contributed by atoms with Gasteiger partial charge in [-0.05, 0) is 18.2 Å². The molecule has 0 bridgehead atoms. The molecule has 0 unspecified atom stereocenters. The summed E-state index contributed by atoms with van der Waals surface area (Å²) in [6.07, 6.45) is 4.90. The zero-order chi connectivity index (χ0) is 17.2. The average Bonchev–Trinajstić information content (AvgIpc) is 3.25. The van der Waals surface area contributed by atoms with Gasteiger partial charge in [-0.25, -0.2) is 9.97 Å². The number of carbonyl (C=O) groups excluding carboxylic acids is 1. The number of nitrogens with zero attached hydrogens (tertiary/aromatic N) is 4. The lowest BCUT2D eigenvalue weighted by Gasteiger charge is -2.03. The number of amides is 1. The van der Waals surface area contributed by atoms with Crippen LogP contribution in [0.15, 0.2) is 42.2 Å². The first-order valence-corrected chi connectivity index (χ1v) is 9.04. The van der Waals surface area contributed by atoms with Gasteiger partial charge in [0, 0.05) is 23.3 Å². The Bertz CT molecular complexity index is 1040. The van der Waals surface area contributed by atoms with Crippen LogP contribution in [0.5, 0.6) is 0 Å². The van der Waals surface area contributed by atoms with Crippen molar-refractivity contribution in [3.63, 3.8) is 0 Å². The van der Waals surface area contributed by atoms with E-state index in [2.05, 4.69) is 25.3 Å². The van der Waals surface area contributed by atoms with E-state index >= 15 is 0 Å². The Kier molecular flexibility index (Phi) is 4.08. The maximum absolute atomic E-state index is 12.3. The summed E-state index contributed by atoms with van der Waals surface area (Å²) >= 11 is 2.87. The second-order valence-electron chi connectivity index (χ2n) is 5.15. The van der Waals surface area contributed by atoms with Gasteiger partial charge in [0.15, 0.2) is 5.13 Å². The standard InChI is InChI=1S/C16H12N6OS2/c17-16-22-11-5-9(1-2-13(11)25-16)14(23)20-6-10-8-24-15(21-10)12-7-18-3-4-19-12/h1-5,7-8H,6H2,(H2,17,22)(H,20,23). The molecule has 3 heterocycles. The van der Waals surface area contributed by atoms with Crippen LogP contribution in [0.25, 0.3) is 20.9 Å². The van der Waals surface area contributed by atoms with Crippen LogP contribution >= 0.6 is 22.7 Å². The first kappa shape index (κ1) is 15.6. The SMILES string of the molecule is Nc1nc2cc(C(=O)NCc3csc(-c4cnccn4)n3)ccc2s1. The van der Waals surface area contributed by atoms with Crippen molar-refractivity contribution in [1.29, 1.82) is 0 Å². The summed E-state index contributed by atoms with van der Waals surface area (Å²) in [5, 5.41) is 6.03. The van der Waals surface area contributed by atoms with E-state index in [0.717, 1.165) is 26.6 Å². The van der Waals surface area contributed by atoms with Crippen LogP contribution in [-0.4, -0.2) is 25.8 Å². The van der Waals surface area contributed by atoms with E-state index in [9.17, 15) is 4.79 Å². The van der Waals surface area contributed by atoms with E-state index in [1.165, 1.54) is 22.7 Å². The number of hydrogen-bond acceptors (Lipinski definition) is 8. The van der Waals surface area contributed by atoms with E-state index < -0.39 is 0 Å². The monoisotopic (exact) mass is 368 g/mol. The highest BCUT2D eigenvalue weighted by molar-refractivity contribution is 7.22. The molecule has 0 aliphatic carbocycles. The summed E-state index contributed by atoms with van der Waals surface area (Å²) in [5.41, 5.74) is 8.46. The molecule has 0 saturated heterocycles. The minimum absolute atomic E-state index is 0.178. The summed E-state index contributed by atoms with van der Waals surface area (Å²) in [4.78, 5) is 29.3. The zero-order valence-corrected chi connectivity index (χ0v) is 14.5. The number of benzene rings is 1. The van der Waals surface area contributed by atoms with Crippen molar-refractivity contribution in [2.75, 3.05) is 5.73 Å². The third kappa shape index (κ3) is 3.32. The summed E-state index contributed by atoms with van der Waals surface area (Å²) in [7, 11) is 0.